The molecule has 3 amide bonds. The molecule has 6 aliphatic rings. The highest BCUT2D eigenvalue weighted by atomic mass is 16.6. The van der Waals surface area contributed by atoms with Gasteiger partial charge in [-0.3, -0.25) is 9.59 Å². The number of amides is 3. The molecule has 10 nitrogen and oxygen atoms in total. The third kappa shape index (κ3) is 13.2. The summed E-state index contributed by atoms with van der Waals surface area (Å²) < 4.78 is 17.1. The summed E-state index contributed by atoms with van der Waals surface area (Å²) >= 11 is 0. The van der Waals surface area contributed by atoms with Gasteiger partial charge in [0.25, 0.3) is 0 Å². The quantitative estimate of drug-likeness (QED) is 0.0798. The van der Waals surface area contributed by atoms with Crippen LogP contribution in [0, 0.1) is 58.2 Å². The first-order valence-corrected chi connectivity index (χ1v) is 26.2. The van der Waals surface area contributed by atoms with Crippen LogP contribution in [0.2, 0.25) is 0 Å². The van der Waals surface area contributed by atoms with Crippen molar-refractivity contribution in [2.45, 2.75) is 234 Å². The van der Waals surface area contributed by atoms with E-state index in [0.717, 1.165) is 93.3 Å². The van der Waals surface area contributed by atoms with Gasteiger partial charge in [0, 0.05) is 44.4 Å². The first-order chi connectivity index (χ1) is 30.0. The smallest absolute Gasteiger partial charge is 0.407 e. The van der Waals surface area contributed by atoms with E-state index >= 15 is 0 Å². The standard InChI is InChI=1S/C54H91N3O7/c1-35(2)14-12-15-36(3)44-20-21-45-43-19-18-39-34-42(22-26-53(39,10)46(43)23-27-54(44,45)11)62-48(59)17-13-16-47(58)57(28-24-37-30-40(31-37)55-49(60)63-51(4,5)6)29-25-38-32-41(33-38)56-50(61)64-52(7,8)9/h18,35-38,40-46H,12-17,19-34H2,1-11H3,(H,55,60)(H,56,61)/t36-,37?,38?,40?,41?,42+,43+,44-,45+,46+,53+,54-/m1/s1. The zero-order valence-corrected chi connectivity index (χ0v) is 42.3. The number of allylic oxidation sites excluding steroid dienone is 1. The first-order valence-electron chi connectivity index (χ1n) is 26.2. The molecule has 0 aromatic rings. The molecule has 0 aromatic carbocycles. The largest absolute Gasteiger partial charge is 0.462 e. The molecule has 10 heteroatoms. The van der Waals surface area contributed by atoms with Gasteiger partial charge in [-0.2, -0.15) is 0 Å². The van der Waals surface area contributed by atoms with Crippen molar-refractivity contribution < 1.29 is 33.4 Å². The predicted molar refractivity (Wildman–Crippen MR) is 254 cm³/mol. The van der Waals surface area contributed by atoms with Gasteiger partial charge in [-0.25, -0.2) is 9.59 Å². The summed E-state index contributed by atoms with van der Waals surface area (Å²) in [7, 11) is 0. The van der Waals surface area contributed by atoms with E-state index in [-0.39, 0.29) is 54.1 Å². The molecule has 0 saturated heterocycles. The lowest BCUT2D eigenvalue weighted by Crippen LogP contribution is -2.51. The SMILES string of the molecule is CC(C)CCC[C@@H](C)[C@H]1CC[C@H]2[C@@H]3CC=C4C[C@@H](OC(=O)CCCC(=O)N(CCC5CC(NC(=O)OC(C)(C)C)C5)CCC5CC(NC(=O)OC(C)(C)C)C5)CC[C@]4(C)[C@H]3CC[C@]12C. The Morgan fingerprint density at radius 2 is 1.34 bits per heavy atom. The van der Waals surface area contributed by atoms with Crippen molar-refractivity contribution in [2.24, 2.45) is 58.2 Å². The fourth-order valence-corrected chi connectivity index (χ4v) is 13.7. The fraction of sp³-hybridized carbons (Fsp3) is 0.889. The molecular formula is C54H91N3O7. The molecule has 5 fully saturated rings. The zero-order valence-electron chi connectivity index (χ0n) is 42.3. The van der Waals surface area contributed by atoms with E-state index in [1.807, 2.05) is 46.4 Å². The molecule has 364 valence electrons. The second kappa shape index (κ2) is 21.0. The molecule has 0 unspecified atom stereocenters. The Labute approximate surface area is 388 Å². The fourth-order valence-electron chi connectivity index (χ4n) is 13.7. The average molecular weight is 894 g/mol. The molecule has 0 spiro atoms. The summed E-state index contributed by atoms with van der Waals surface area (Å²) in [5, 5.41) is 5.97. The Morgan fingerprint density at radius 1 is 0.750 bits per heavy atom. The van der Waals surface area contributed by atoms with Crippen LogP contribution in [-0.4, -0.2) is 71.4 Å². The van der Waals surface area contributed by atoms with Crippen LogP contribution >= 0.6 is 0 Å². The van der Waals surface area contributed by atoms with Crippen LogP contribution in [0.3, 0.4) is 0 Å². The Morgan fingerprint density at radius 3 is 1.91 bits per heavy atom. The van der Waals surface area contributed by atoms with Gasteiger partial charge in [0.2, 0.25) is 5.91 Å². The molecule has 64 heavy (non-hydrogen) atoms. The summed E-state index contributed by atoms with van der Waals surface area (Å²) in [4.78, 5) is 53.6. The average Bonchev–Trinajstić information content (AvgIpc) is 3.51. The Bertz CT molecular complexity index is 1580. The number of esters is 1. The number of hydrogen-bond donors (Lipinski definition) is 2. The summed E-state index contributed by atoms with van der Waals surface area (Å²) in [6.07, 6.45) is 21.8. The number of ether oxygens (including phenoxy) is 3. The third-order valence-electron chi connectivity index (χ3n) is 17.2. The topological polar surface area (TPSA) is 123 Å². The number of nitrogens with zero attached hydrogens (tertiary/aromatic N) is 1. The van der Waals surface area contributed by atoms with Crippen molar-refractivity contribution in [1.82, 2.24) is 15.5 Å². The molecule has 0 aliphatic heterocycles. The first kappa shape index (κ1) is 50.6. The predicted octanol–water partition coefficient (Wildman–Crippen LogP) is 12.3. The maximum atomic E-state index is 13.8. The number of hydrogen-bond acceptors (Lipinski definition) is 7. The Balaban J connectivity index is 0.947. The van der Waals surface area contributed by atoms with Crippen LogP contribution < -0.4 is 10.6 Å². The number of carbonyl (C=O) groups excluding carboxylic acids is 4. The molecule has 0 bridgehead atoms. The lowest BCUT2D eigenvalue weighted by molar-refractivity contribution is -0.151. The summed E-state index contributed by atoms with van der Waals surface area (Å²) in [5.41, 5.74) is 1.18. The van der Waals surface area contributed by atoms with Gasteiger partial charge in [-0.1, -0.05) is 65.5 Å². The van der Waals surface area contributed by atoms with Crippen molar-refractivity contribution in [1.29, 1.82) is 0 Å². The molecule has 0 heterocycles. The molecular weight excluding hydrogens is 803 g/mol. The number of fused-ring (bicyclic) bond motifs is 5. The minimum Gasteiger partial charge on any atom is -0.462 e. The van der Waals surface area contributed by atoms with Gasteiger partial charge < -0.3 is 29.7 Å². The summed E-state index contributed by atoms with van der Waals surface area (Å²) in [5.74, 6) is 5.64. The van der Waals surface area contributed by atoms with Crippen LogP contribution in [0.4, 0.5) is 9.59 Å². The van der Waals surface area contributed by atoms with Crippen LogP contribution in [0.1, 0.15) is 205 Å². The van der Waals surface area contributed by atoms with E-state index in [0.29, 0.717) is 43.2 Å². The van der Waals surface area contributed by atoms with E-state index in [1.54, 1.807) is 5.57 Å². The van der Waals surface area contributed by atoms with Crippen LogP contribution in [-0.2, 0) is 23.8 Å². The normalized spacial score (nSPS) is 33.8. The highest BCUT2D eigenvalue weighted by Gasteiger charge is 2.59. The summed E-state index contributed by atoms with van der Waals surface area (Å²) in [6, 6.07) is 0.204. The molecule has 8 atom stereocenters. The van der Waals surface area contributed by atoms with Crippen LogP contribution in [0.5, 0.6) is 0 Å². The van der Waals surface area contributed by atoms with Crippen LogP contribution in [0.25, 0.3) is 0 Å². The van der Waals surface area contributed by atoms with E-state index in [4.69, 9.17) is 14.2 Å². The second-order valence-corrected chi connectivity index (χ2v) is 24.8. The van der Waals surface area contributed by atoms with Crippen molar-refractivity contribution in [3.05, 3.63) is 11.6 Å². The monoisotopic (exact) mass is 894 g/mol. The van der Waals surface area contributed by atoms with Crippen LogP contribution in [0.15, 0.2) is 11.6 Å². The van der Waals surface area contributed by atoms with E-state index < -0.39 is 11.2 Å². The van der Waals surface area contributed by atoms with Crippen molar-refractivity contribution in [2.75, 3.05) is 13.1 Å². The molecule has 2 N–H and O–H groups in total. The Kier molecular flexibility index (Phi) is 16.6. The van der Waals surface area contributed by atoms with Gasteiger partial charge in [-0.05, 0) is 190 Å². The lowest BCUT2D eigenvalue weighted by atomic mass is 9.47. The second-order valence-electron chi connectivity index (χ2n) is 24.8. The third-order valence-corrected chi connectivity index (χ3v) is 17.2. The van der Waals surface area contributed by atoms with E-state index in [2.05, 4.69) is 51.3 Å². The lowest BCUT2D eigenvalue weighted by Gasteiger charge is -2.58. The van der Waals surface area contributed by atoms with Gasteiger partial charge >= 0.3 is 18.2 Å². The van der Waals surface area contributed by atoms with E-state index in [9.17, 15) is 19.2 Å². The van der Waals surface area contributed by atoms with Gasteiger partial charge in [0.05, 0.1) is 0 Å². The van der Waals surface area contributed by atoms with E-state index in [1.165, 1.54) is 51.4 Å². The zero-order chi connectivity index (χ0) is 46.6. The van der Waals surface area contributed by atoms with Crippen molar-refractivity contribution in [3.63, 3.8) is 0 Å². The number of rotatable bonds is 18. The highest BCUT2D eigenvalue weighted by molar-refractivity contribution is 5.77. The molecule has 0 radical (unpaired) electrons. The number of nitrogens with one attached hydrogen (secondary N) is 2. The number of carbonyl (C=O) groups is 4. The molecule has 6 rings (SSSR count). The highest BCUT2D eigenvalue weighted by Crippen LogP contribution is 2.67. The number of alkyl carbamates (subject to hydrolysis) is 2. The van der Waals surface area contributed by atoms with Gasteiger partial charge in [-0.15, -0.1) is 0 Å². The minimum absolute atomic E-state index is 0.0702. The molecule has 6 aliphatic carbocycles. The maximum Gasteiger partial charge on any atom is 0.407 e. The molecule has 0 aromatic heterocycles. The van der Waals surface area contributed by atoms with Gasteiger partial charge in [0.15, 0.2) is 0 Å². The van der Waals surface area contributed by atoms with Gasteiger partial charge in [0.1, 0.15) is 17.3 Å². The summed E-state index contributed by atoms with van der Waals surface area (Å²) in [6.45, 7) is 25.0. The Hall–Kier alpha value is -2.78. The minimum atomic E-state index is -0.532. The maximum absolute atomic E-state index is 13.8. The van der Waals surface area contributed by atoms with Crippen molar-refractivity contribution in [3.8, 4) is 0 Å². The van der Waals surface area contributed by atoms with Crippen molar-refractivity contribution >= 4 is 24.1 Å². The molecule has 5 saturated carbocycles.